The lowest BCUT2D eigenvalue weighted by Crippen LogP contribution is -2.31. The van der Waals surface area contributed by atoms with Crippen molar-refractivity contribution in [2.45, 2.75) is 37.8 Å². The Morgan fingerprint density at radius 1 is 1.10 bits per heavy atom. The van der Waals surface area contributed by atoms with E-state index in [2.05, 4.69) is 4.74 Å². The first-order valence-electron chi connectivity index (χ1n) is 9.47. The van der Waals surface area contributed by atoms with E-state index in [1.165, 1.54) is 24.3 Å². The molecule has 0 saturated carbocycles. The fourth-order valence-corrected chi connectivity index (χ4v) is 3.55. The first-order valence-corrected chi connectivity index (χ1v) is 9.47. The van der Waals surface area contributed by atoms with Crippen LogP contribution in [0.2, 0.25) is 0 Å². The molecule has 2 aromatic carbocycles. The van der Waals surface area contributed by atoms with Gasteiger partial charge in [-0.1, -0.05) is 0 Å². The van der Waals surface area contributed by atoms with E-state index in [9.17, 15) is 26.7 Å². The van der Waals surface area contributed by atoms with E-state index in [0.717, 1.165) is 12.1 Å². The van der Waals surface area contributed by atoms with Crippen LogP contribution < -0.4 is 9.64 Å². The van der Waals surface area contributed by atoms with Gasteiger partial charge >= 0.3 is 18.8 Å². The molecule has 1 aliphatic rings. The Labute approximate surface area is 175 Å². The highest BCUT2D eigenvalue weighted by atomic mass is 19.4. The average Bonchev–Trinajstić information content (AvgIpc) is 3.10. The maximum absolute atomic E-state index is 12.7. The van der Waals surface area contributed by atoms with Crippen LogP contribution in [-0.2, 0) is 10.9 Å². The summed E-state index contributed by atoms with van der Waals surface area (Å²) in [6, 6.07) is 10.2. The molecule has 0 amide bonds. The Bertz CT molecular complexity index is 871. The van der Waals surface area contributed by atoms with Gasteiger partial charge in [0.25, 0.3) is 0 Å². The second-order valence-electron chi connectivity index (χ2n) is 7.08. The molecule has 1 N–H and O–H groups in total. The van der Waals surface area contributed by atoms with E-state index in [1.54, 1.807) is 12.1 Å². The molecule has 0 unspecified atom stereocenters. The number of carboxylic acids is 1. The molecule has 2 aromatic rings. The highest BCUT2D eigenvalue weighted by Crippen LogP contribution is 2.33. The van der Waals surface area contributed by atoms with Crippen molar-refractivity contribution in [2.75, 3.05) is 18.1 Å². The van der Waals surface area contributed by atoms with Crippen molar-refractivity contribution in [3.05, 3.63) is 59.7 Å². The highest BCUT2D eigenvalue weighted by molar-refractivity contribution is 5.88. The van der Waals surface area contributed by atoms with Gasteiger partial charge in [0.2, 0.25) is 0 Å². The molecule has 31 heavy (non-hydrogen) atoms. The minimum absolute atomic E-state index is 0.109. The number of alkyl halides is 5. The lowest BCUT2D eigenvalue weighted by Gasteiger charge is -2.26. The molecule has 0 bridgehead atoms. The summed E-state index contributed by atoms with van der Waals surface area (Å²) in [5, 5.41) is 9.05. The molecule has 168 valence electrons. The van der Waals surface area contributed by atoms with Crippen molar-refractivity contribution in [3.8, 4) is 5.75 Å². The highest BCUT2D eigenvalue weighted by Gasteiger charge is 2.34. The topological polar surface area (TPSA) is 59.0 Å². The second-order valence-corrected chi connectivity index (χ2v) is 7.08. The quantitative estimate of drug-likeness (QED) is 0.576. The van der Waals surface area contributed by atoms with Crippen LogP contribution in [0.5, 0.6) is 5.75 Å². The van der Waals surface area contributed by atoms with Gasteiger partial charge in [0.1, 0.15) is 11.9 Å². The number of hydrogen-bond acceptors (Lipinski definition) is 4. The maximum Gasteiger partial charge on any atom is 0.416 e. The van der Waals surface area contributed by atoms with Gasteiger partial charge in [-0.2, -0.15) is 22.0 Å². The van der Waals surface area contributed by atoms with Crippen LogP contribution in [0.4, 0.5) is 27.6 Å². The van der Waals surface area contributed by atoms with Crippen molar-refractivity contribution in [2.24, 2.45) is 0 Å². The van der Waals surface area contributed by atoms with E-state index in [-0.39, 0.29) is 30.4 Å². The van der Waals surface area contributed by atoms with Crippen LogP contribution in [0, 0.1) is 0 Å². The SMILES string of the molecule is O=C(O)c1ccc(N2C[C@@H](Oc3ccc(C(F)(F)F)cc3)C[C@H]2CCOC(F)F)cc1. The summed E-state index contributed by atoms with van der Waals surface area (Å²) in [7, 11) is 0. The molecule has 5 nitrogen and oxygen atoms in total. The Balaban J connectivity index is 1.71. The van der Waals surface area contributed by atoms with Gasteiger partial charge in [-0.05, 0) is 55.0 Å². The number of hydrogen-bond donors (Lipinski definition) is 1. The first kappa shape index (κ1) is 22.8. The zero-order valence-corrected chi connectivity index (χ0v) is 16.2. The third kappa shape index (κ3) is 6.06. The fourth-order valence-electron chi connectivity index (χ4n) is 3.55. The number of nitrogens with zero attached hydrogens (tertiary/aromatic N) is 1. The third-order valence-electron chi connectivity index (χ3n) is 5.00. The second kappa shape index (κ2) is 9.51. The zero-order chi connectivity index (χ0) is 22.6. The Morgan fingerprint density at radius 3 is 2.29 bits per heavy atom. The van der Waals surface area contributed by atoms with Crippen molar-refractivity contribution in [1.29, 1.82) is 0 Å². The molecule has 0 aliphatic carbocycles. The molecule has 1 heterocycles. The summed E-state index contributed by atoms with van der Waals surface area (Å²) >= 11 is 0. The molecule has 2 atom stereocenters. The molecule has 3 rings (SSSR count). The third-order valence-corrected chi connectivity index (χ3v) is 5.00. The Kier molecular flexibility index (Phi) is 6.99. The van der Waals surface area contributed by atoms with Gasteiger partial charge in [0, 0.05) is 18.2 Å². The van der Waals surface area contributed by atoms with Crippen LogP contribution in [-0.4, -0.2) is 43.0 Å². The summed E-state index contributed by atoms with van der Waals surface area (Å²) in [6.07, 6.45) is -4.13. The van der Waals surface area contributed by atoms with Gasteiger partial charge in [0.05, 0.1) is 24.3 Å². The number of ether oxygens (including phenoxy) is 2. The predicted molar refractivity (Wildman–Crippen MR) is 102 cm³/mol. The normalized spacial score (nSPS) is 19.1. The first-order chi connectivity index (χ1) is 14.6. The smallest absolute Gasteiger partial charge is 0.416 e. The van der Waals surface area contributed by atoms with Crippen molar-refractivity contribution in [1.82, 2.24) is 0 Å². The molecular formula is C21H20F5NO4. The van der Waals surface area contributed by atoms with E-state index in [0.29, 0.717) is 18.7 Å². The van der Waals surface area contributed by atoms with Gasteiger partial charge < -0.3 is 19.5 Å². The van der Waals surface area contributed by atoms with Crippen LogP contribution >= 0.6 is 0 Å². The minimum Gasteiger partial charge on any atom is -0.489 e. The predicted octanol–water partition coefficient (Wildman–Crippen LogP) is 5.06. The number of anilines is 1. The maximum atomic E-state index is 12.7. The van der Waals surface area contributed by atoms with Gasteiger partial charge in [-0.25, -0.2) is 4.79 Å². The number of benzene rings is 2. The number of halogens is 5. The number of rotatable bonds is 8. The summed E-state index contributed by atoms with van der Waals surface area (Å²) in [5.74, 6) is -0.804. The van der Waals surface area contributed by atoms with Crippen molar-refractivity contribution >= 4 is 11.7 Å². The largest absolute Gasteiger partial charge is 0.489 e. The summed E-state index contributed by atoms with van der Waals surface area (Å²) in [6.45, 7) is -2.71. The molecular weight excluding hydrogens is 425 g/mol. The van der Waals surface area contributed by atoms with E-state index >= 15 is 0 Å². The summed E-state index contributed by atoms with van der Waals surface area (Å²) in [4.78, 5) is 13.0. The van der Waals surface area contributed by atoms with Crippen LogP contribution in [0.15, 0.2) is 48.5 Å². The molecule has 1 fully saturated rings. The van der Waals surface area contributed by atoms with E-state index in [1.807, 2.05) is 4.90 Å². The van der Waals surface area contributed by atoms with E-state index in [4.69, 9.17) is 9.84 Å². The van der Waals surface area contributed by atoms with Gasteiger partial charge in [-0.3, -0.25) is 0 Å². The molecule has 0 aromatic heterocycles. The monoisotopic (exact) mass is 445 g/mol. The molecule has 1 aliphatic heterocycles. The lowest BCUT2D eigenvalue weighted by molar-refractivity contribution is -0.137. The number of carboxylic acid groups (broad SMARTS) is 1. The molecule has 10 heteroatoms. The fraction of sp³-hybridized carbons (Fsp3) is 0.381. The molecule has 1 saturated heterocycles. The van der Waals surface area contributed by atoms with Crippen LogP contribution in [0.25, 0.3) is 0 Å². The van der Waals surface area contributed by atoms with E-state index < -0.39 is 30.4 Å². The van der Waals surface area contributed by atoms with Gasteiger partial charge in [-0.15, -0.1) is 0 Å². The number of carbonyl (C=O) groups is 1. The Hall–Kier alpha value is -2.88. The minimum atomic E-state index is -4.44. The van der Waals surface area contributed by atoms with Gasteiger partial charge in [0.15, 0.2) is 0 Å². The standard InChI is InChI=1S/C21H20F5NO4/c22-20(23)30-10-9-16-11-18(31-17-7-3-14(4-8-17)21(24,25)26)12-27(16)15-5-1-13(2-6-15)19(28)29/h1-8,16,18,20H,9-12H2,(H,28,29)/t16-,18+/m1/s1. The Morgan fingerprint density at radius 2 is 1.74 bits per heavy atom. The lowest BCUT2D eigenvalue weighted by atomic mass is 10.1. The zero-order valence-electron chi connectivity index (χ0n) is 16.2. The average molecular weight is 445 g/mol. The van der Waals surface area contributed by atoms with Crippen molar-refractivity contribution < 1.29 is 41.3 Å². The van der Waals surface area contributed by atoms with Crippen LogP contribution in [0.3, 0.4) is 0 Å². The number of aromatic carboxylic acids is 1. The molecule has 0 radical (unpaired) electrons. The van der Waals surface area contributed by atoms with Crippen LogP contribution in [0.1, 0.15) is 28.8 Å². The van der Waals surface area contributed by atoms with Crippen molar-refractivity contribution in [3.63, 3.8) is 0 Å². The summed E-state index contributed by atoms with van der Waals surface area (Å²) in [5.41, 5.74) is 0.0112. The molecule has 0 spiro atoms. The summed E-state index contributed by atoms with van der Waals surface area (Å²) < 4.78 is 73.0.